The SMILES string of the molecule is Cc1cc(N2CCc3cc(O)ccc3C2(C)c2ccc(C=CC(=O)O)cc2)ccc1OC(C)C. The molecule has 1 aliphatic heterocycles. The van der Waals surface area contributed by atoms with E-state index in [0.717, 1.165) is 58.3 Å². The van der Waals surface area contributed by atoms with Gasteiger partial charge in [-0.15, -0.1) is 0 Å². The number of carboxylic acid groups (broad SMARTS) is 1. The van der Waals surface area contributed by atoms with E-state index < -0.39 is 11.5 Å². The van der Waals surface area contributed by atoms with Crippen LogP contribution in [0.5, 0.6) is 11.5 Å². The number of rotatable bonds is 6. The topological polar surface area (TPSA) is 70.0 Å². The van der Waals surface area contributed by atoms with Crippen LogP contribution in [0, 0.1) is 6.92 Å². The Balaban J connectivity index is 1.81. The van der Waals surface area contributed by atoms with Gasteiger partial charge in [0.15, 0.2) is 0 Å². The molecule has 1 heterocycles. The van der Waals surface area contributed by atoms with Crippen LogP contribution in [0.2, 0.25) is 0 Å². The third kappa shape index (κ3) is 4.51. The number of nitrogens with zero attached hydrogens (tertiary/aromatic N) is 1. The third-order valence-corrected chi connectivity index (χ3v) is 6.48. The van der Waals surface area contributed by atoms with E-state index in [4.69, 9.17) is 9.84 Å². The molecule has 34 heavy (non-hydrogen) atoms. The number of aryl methyl sites for hydroxylation is 1. The monoisotopic (exact) mass is 457 g/mol. The molecule has 1 atom stereocenters. The average molecular weight is 458 g/mol. The van der Waals surface area contributed by atoms with Gasteiger partial charge in [0.1, 0.15) is 11.5 Å². The maximum absolute atomic E-state index is 10.9. The first-order valence-electron chi connectivity index (χ1n) is 11.6. The molecule has 3 aromatic carbocycles. The summed E-state index contributed by atoms with van der Waals surface area (Å²) in [5.74, 6) is 0.190. The molecular formula is C29H31NO4. The lowest BCUT2D eigenvalue weighted by Gasteiger charge is -2.48. The van der Waals surface area contributed by atoms with Gasteiger partial charge in [0.2, 0.25) is 0 Å². The Bertz CT molecular complexity index is 1230. The van der Waals surface area contributed by atoms with Crippen molar-refractivity contribution in [2.45, 2.75) is 45.8 Å². The molecule has 0 saturated heterocycles. The summed E-state index contributed by atoms with van der Waals surface area (Å²) in [6.45, 7) is 9.11. The minimum Gasteiger partial charge on any atom is -0.508 e. The van der Waals surface area contributed by atoms with E-state index in [2.05, 4.69) is 43.0 Å². The first-order valence-corrected chi connectivity index (χ1v) is 11.6. The van der Waals surface area contributed by atoms with E-state index in [0.29, 0.717) is 0 Å². The highest BCUT2D eigenvalue weighted by atomic mass is 16.5. The normalized spacial score (nSPS) is 17.7. The summed E-state index contributed by atoms with van der Waals surface area (Å²) in [6, 6.07) is 19.9. The molecule has 0 bridgehead atoms. The Kier molecular flexibility index (Phi) is 6.38. The number of phenolic OH excluding ortho intramolecular Hbond substituents is 1. The molecule has 0 saturated carbocycles. The van der Waals surface area contributed by atoms with E-state index in [-0.39, 0.29) is 11.9 Å². The molecule has 4 rings (SSSR count). The number of phenols is 1. The van der Waals surface area contributed by atoms with Gasteiger partial charge in [0.25, 0.3) is 0 Å². The fraction of sp³-hybridized carbons (Fsp3) is 0.276. The van der Waals surface area contributed by atoms with Crippen molar-refractivity contribution < 1.29 is 19.7 Å². The average Bonchev–Trinajstić information content (AvgIpc) is 2.79. The molecule has 5 heteroatoms. The minimum atomic E-state index is -0.969. The lowest BCUT2D eigenvalue weighted by molar-refractivity contribution is -0.131. The summed E-state index contributed by atoms with van der Waals surface area (Å²) in [4.78, 5) is 13.3. The minimum absolute atomic E-state index is 0.109. The fourth-order valence-corrected chi connectivity index (χ4v) is 4.84. The zero-order chi connectivity index (χ0) is 24.5. The Morgan fingerprint density at radius 2 is 1.82 bits per heavy atom. The van der Waals surface area contributed by atoms with E-state index >= 15 is 0 Å². The molecule has 176 valence electrons. The highest BCUT2D eigenvalue weighted by Gasteiger charge is 2.40. The Morgan fingerprint density at radius 1 is 1.09 bits per heavy atom. The van der Waals surface area contributed by atoms with E-state index in [9.17, 15) is 9.90 Å². The van der Waals surface area contributed by atoms with Crippen molar-refractivity contribution in [2.75, 3.05) is 11.4 Å². The van der Waals surface area contributed by atoms with Crippen molar-refractivity contribution in [3.63, 3.8) is 0 Å². The number of ether oxygens (including phenoxy) is 1. The van der Waals surface area contributed by atoms with Crippen molar-refractivity contribution in [2.24, 2.45) is 0 Å². The summed E-state index contributed by atoms with van der Waals surface area (Å²) in [5, 5.41) is 19.0. The summed E-state index contributed by atoms with van der Waals surface area (Å²) in [5.41, 5.74) is 5.89. The zero-order valence-electron chi connectivity index (χ0n) is 20.1. The molecule has 1 aliphatic rings. The molecule has 3 aromatic rings. The number of hydrogen-bond acceptors (Lipinski definition) is 4. The van der Waals surface area contributed by atoms with Gasteiger partial charge < -0.3 is 19.8 Å². The van der Waals surface area contributed by atoms with Crippen LogP contribution in [0.3, 0.4) is 0 Å². The first-order chi connectivity index (χ1) is 16.2. The molecule has 0 fully saturated rings. The number of carboxylic acids is 1. The third-order valence-electron chi connectivity index (χ3n) is 6.48. The Hall–Kier alpha value is -3.73. The second kappa shape index (κ2) is 9.26. The van der Waals surface area contributed by atoms with E-state index in [1.165, 1.54) is 0 Å². The Morgan fingerprint density at radius 3 is 2.47 bits per heavy atom. The predicted molar refractivity (Wildman–Crippen MR) is 136 cm³/mol. The Labute approximate surface area is 200 Å². The largest absolute Gasteiger partial charge is 0.508 e. The standard InChI is InChI=1S/C29H31NO4/c1-19(2)34-27-13-10-24(17-20(27)3)30-16-15-22-18-25(31)11-12-26(22)29(30,4)23-8-5-21(6-9-23)7-14-28(32)33/h5-14,17-19,31H,15-16H2,1-4H3,(H,32,33). The number of hydrogen-bond donors (Lipinski definition) is 2. The number of anilines is 1. The van der Waals surface area contributed by atoms with Crippen LogP contribution in [0.4, 0.5) is 5.69 Å². The van der Waals surface area contributed by atoms with Gasteiger partial charge in [0.05, 0.1) is 11.6 Å². The molecule has 0 radical (unpaired) electrons. The quantitative estimate of drug-likeness (QED) is 0.450. The van der Waals surface area contributed by atoms with E-state index in [1.807, 2.05) is 44.2 Å². The van der Waals surface area contributed by atoms with Crippen molar-refractivity contribution in [3.05, 3.63) is 94.6 Å². The second-order valence-corrected chi connectivity index (χ2v) is 9.23. The predicted octanol–water partition coefficient (Wildman–Crippen LogP) is 5.91. The number of fused-ring (bicyclic) bond motifs is 1. The second-order valence-electron chi connectivity index (χ2n) is 9.23. The molecule has 0 aromatic heterocycles. The van der Waals surface area contributed by atoms with Gasteiger partial charge in [0, 0.05) is 18.3 Å². The molecule has 0 aliphatic carbocycles. The van der Waals surface area contributed by atoms with Crippen molar-refractivity contribution in [1.82, 2.24) is 0 Å². The fourth-order valence-electron chi connectivity index (χ4n) is 4.84. The lowest BCUT2D eigenvalue weighted by Crippen LogP contribution is -2.49. The molecule has 0 amide bonds. The molecule has 1 unspecified atom stereocenters. The molecule has 0 spiro atoms. The number of benzene rings is 3. The van der Waals surface area contributed by atoms with Gasteiger partial charge in [-0.1, -0.05) is 30.3 Å². The summed E-state index contributed by atoms with van der Waals surface area (Å²) >= 11 is 0. The molecule has 2 N–H and O–H groups in total. The van der Waals surface area contributed by atoms with Crippen LogP contribution < -0.4 is 9.64 Å². The zero-order valence-corrected chi connectivity index (χ0v) is 20.1. The first kappa shape index (κ1) is 23.4. The van der Waals surface area contributed by atoms with Crippen LogP contribution >= 0.6 is 0 Å². The van der Waals surface area contributed by atoms with Crippen molar-refractivity contribution in [1.29, 1.82) is 0 Å². The van der Waals surface area contributed by atoms with Gasteiger partial charge in [-0.3, -0.25) is 0 Å². The highest BCUT2D eigenvalue weighted by molar-refractivity contribution is 5.85. The van der Waals surface area contributed by atoms with Crippen LogP contribution in [-0.2, 0) is 16.8 Å². The lowest BCUT2D eigenvalue weighted by atomic mass is 9.76. The summed E-state index contributed by atoms with van der Waals surface area (Å²) < 4.78 is 5.95. The van der Waals surface area contributed by atoms with Crippen LogP contribution in [-0.4, -0.2) is 28.8 Å². The van der Waals surface area contributed by atoms with Gasteiger partial charge in [-0.05, 0) is 98.3 Å². The van der Waals surface area contributed by atoms with Crippen LogP contribution in [0.15, 0.2) is 66.7 Å². The van der Waals surface area contributed by atoms with E-state index in [1.54, 1.807) is 12.1 Å². The maximum Gasteiger partial charge on any atom is 0.328 e. The highest BCUT2D eigenvalue weighted by Crippen LogP contribution is 2.45. The van der Waals surface area contributed by atoms with Gasteiger partial charge in [-0.2, -0.15) is 0 Å². The smallest absolute Gasteiger partial charge is 0.328 e. The maximum atomic E-state index is 10.9. The number of aromatic hydroxyl groups is 1. The van der Waals surface area contributed by atoms with Crippen molar-refractivity contribution in [3.8, 4) is 11.5 Å². The summed E-state index contributed by atoms with van der Waals surface area (Å²) in [6.07, 6.45) is 3.67. The van der Waals surface area contributed by atoms with Gasteiger partial charge in [-0.25, -0.2) is 4.79 Å². The number of carbonyl (C=O) groups is 1. The molecular weight excluding hydrogens is 426 g/mol. The number of aliphatic carboxylic acids is 1. The van der Waals surface area contributed by atoms with Crippen molar-refractivity contribution >= 4 is 17.7 Å². The summed E-state index contributed by atoms with van der Waals surface area (Å²) in [7, 11) is 0. The van der Waals surface area contributed by atoms with Gasteiger partial charge >= 0.3 is 5.97 Å². The molecule has 5 nitrogen and oxygen atoms in total. The van der Waals surface area contributed by atoms with Crippen LogP contribution in [0.25, 0.3) is 6.08 Å². The van der Waals surface area contributed by atoms with Crippen LogP contribution in [0.1, 0.15) is 48.6 Å².